The molecule has 10 aliphatic rings. The Morgan fingerprint density at radius 1 is 0.625 bits per heavy atom. The maximum absolute atomic E-state index is 12.4. The Balaban J connectivity index is 0.862. The fourth-order valence-corrected chi connectivity index (χ4v) is 15.5. The van der Waals surface area contributed by atoms with Gasteiger partial charge in [-0.3, -0.25) is 0 Å². The molecule has 3 saturated carbocycles. The minimum Gasteiger partial charge on any atom is -0.394 e. The van der Waals surface area contributed by atoms with E-state index in [2.05, 4.69) is 33.8 Å². The van der Waals surface area contributed by atoms with E-state index in [0.29, 0.717) is 42.4 Å². The van der Waals surface area contributed by atoms with Gasteiger partial charge in [0.1, 0.15) is 79.4 Å². The first-order valence-electron chi connectivity index (χ1n) is 26.7. The minimum absolute atomic E-state index is 0.0864. The molecule has 6 heterocycles. The fraction of sp³-hybridized carbons (Fsp3) is 0.961. The number of hydrogen-bond donors (Lipinski definition) is 10. The van der Waals surface area contributed by atoms with E-state index in [1.54, 1.807) is 7.11 Å². The first kappa shape index (κ1) is 54.3. The molecule has 31 atom stereocenters. The molecule has 6 aliphatic heterocycles. The molecule has 10 N–H and O–H groups in total. The van der Waals surface area contributed by atoms with E-state index in [0.717, 1.165) is 44.9 Å². The van der Waals surface area contributed by atoms with Crippen molar-refractivity contribution in [3.05, 3.63) is 11.6 Å². The highest BCUT2D eigenvalue weighted by molar-refractivity contribution is 5.26. The average molecular weight is 1030 g/mol. The van der Waals surface area contributed by atoms with Crippen LogP contribution < -0.4 is 0 Å². The van der Waals surface area contributed by atoms with E-state index in [-0.39, 0.29) is 29.1 Å². The van der Waals surface area contributed by atoms with Crippen LogP contribution >= 0.6 is 0 Å². The summed E-state index contributed by atoms with van der Waals surface area (Å²) in [5, 5.41) is 109. The van der Waals surface area contributed by atoms with Crippen LogP contribution in [0.1, 0.15) is 99.3 Å². The third-order valence-corrected chi connectivity index (χ3v) is 19.7. The summed E-state index contributed by atoms with van der Waals surface area (Å²) in [6.45, 7) is 11.2. The van der Waals surface area contributed by atoms with Crippen molar-refractivity contribution in [2.24, 2.45) is 46.3 Å². The topological polar surface area (TPSA) is 304 Å². The van der Waals surface area contributed by atoms with Gasteiger partial charge in [-0.15, -0.1) is 0 Å². The summed E-state index contributed by atoms with van der Waals surface area (Å²) < 4.78 is 68.4. The van der Waals surface area contributed by atoms with Gasteiger partial charge in [0.15, 0.2) is 37.2 Å². The lowest BCUT2D eigenvalue weighted by molar-refractivity contribution is -0.397. The monoisotopic (exact) mass is 1030 g/mol. The zero-order chi connectivity index (χ0) is 51.5. The second-order valence-electron chi connectivity index (χ2n) is 23.7. The molecular weight excluding hydrogens is 949 g/mol. The largest absolute Gasteiger partial charge is 0.394 e. The zero-order valence-electron chi connectivity index (χ0n) is 42.5. The number of hydrogen-bond acceptors (Lipinski definition) is 21. The molecule has 72 heavy (non-hydrogen) atoms. The highest BCUT2D eigenvalue weighted by Gasteiger charge is 2.69. The Labute approximate surface area is 420 Å². The Morgan fingerprint density at radius 3 is 2.00 bits per heavy atom. The van der Waals surface area contributed by atoms with Crippen molar-refractivity contribution in [1.82, 2.24) is 0 Å². The van der Waals surface area contributed by atoms with E-state index in [1.165, 1.54) is 19.4 Å². The molecule has 412 valence electrons. The van der Waals surface area contributed by atoms with Crippen LogP contribution in [0.15, 0.2) is 11.6 Å². The maximum atomic E-state index is 12.4. The number of methoxy groups -OCH3 is 1. The zero-order valence-corrected chi connectivity index (χ0v) is 42.5. The van der Waals surface area contributed by atoms with Crippen molar-refractivity contribution < 1.29 is 103 Å². The fourth-order valence-electron chi connectivity index (χ4n) is 15.5. The Bertz CT molecular complexity index is 1920. The van der Waals surface area contributed by atoms with E-state index in [4.69, 9.17) is 52.1 Å². The van der Waals surface area contributed by atoms with Crippen molar-refractivity contribution in [2.45, 2.75) is 240 Å². The third kappa shape index (κ3) is 9.09. The van der Waals surface area contributed by atoms with Crippen LogP contribution in [0.3, 0.4) is 0 Å². The molecule has 9 fully saturated rings. The first-order valence-corrected chi connectivity index (χ1v) is 26.7. The molecular formula is C51H82O21. The predicted molar refractivity (Wildman–Crippen MR) is 245 cm³/mol. The molecule has 21 nitrogen and oxygen atoms in total. The van der Waals surface area contributed by atoms with Crippen molar-refractivity contribution in [1.29, 1.82) is 0 Å². The smallest absolute Gasteiger partial charge is 0.187 e. The molecule has 21 heteroatoms. The molecule has 4 aliphatic carbocycles. The Hall–Kier alpha value is -1.10. The summed E-state index contributed by atoms with van der Waals surface area (Å²) in [7, 11) is 1.72. The second kappa shape index (κ2) is 20.6. The molecule has 0 bridgehead atoms. The normalized spacial score (nSPS) is 57.8. The van der Waals surface area contributed by atoms with Gasteiger partial charge in [0.2, 0.25) is 0 Å². The quantitative estimate of drug-likeness (QED) is 0.125. The van der Waals surface area contributed by atoms with Crippen LogP contribution in [-0.2, 0) is 52.1 Å². The van der Waals surface area contributed by atoms with Crippen molar-refractivity contribution in [2.75, 3.05) is 20.3 Å². The van der Waals surface area contributed by atoms with Gasteiger partial charge < -0.3 is 103 Å². The number of aliphatic hydroxyl groups is 10. The van der Waals surface area contributed by atoms with Crippen LogP contribution in [-0.4, -0.2) is 212 Å². The SMILES string of the molecule is CO[C@@H]1O[C@]2(CC[C@H]1C)O[C@H]1C[C@H]3[C@@H]4CC=C5C[C@@H](O[C@@H]6O[C@H](CO)[C@@H](O[C@@H]7O[C@@H](C)[C@H](O)[C@@H](O)[C@H]7O[C@@H]7OC[C@@H](O)[C@H](O)[C@H]7O)[C@H](O)[C@H]6O[C@@H]6O[C@@H](C)[C@H](O)[C@@H](O)[C@H]6O)CC[C@]5(C)[C@H]4CC[C@]3(C)[C@H]1[C@@H]2C. The molecule has 0 amide bonds. The highest BCUT2D eigenvalue weighted by atomic mass is 16.8. The van der Waals surface area contributed by atoms with Crippen LogP contribution in [0.25, 0.3) is 0 Å². The lowest BCUT2D eigenvalue weighted by atomic mass is 9.47. The van der Waals surface area contributed by atoms with Gasteiger partial charge >= 0.3 is 0 Å². The summed E-state index contributed by atoms with van der Waals surface area (Å²) in [6.07, 6.45) is -19.3. The molecule has 0 aromatic heterocycles. The summed E-state index contributed by atoms with van der Waals surface area (Å²) in [5.74, 6) is 1.79. The Morgan fingerprint density at radius 2 is 1.28 bits per heavy atom. The highest BCUT2D eigenvalue weighted by Crippen LogP contribution is 2.71. The number of rotatable bonds is 10. The van der Waals surface area contributed by atoms with E-state index < -0.39 is 142 Å². The number of fused-ring (bicyclic) bond motifs is 7. The number of ether oxygens (including phenoxy) is 11. The molecule has 6 saturated heterocycles. The first-order chi connectivity index (χ1) is 34.1. The average Bonchev–Trinajstić information content (AvgIpc) is 3.81. The summed E-state index contributed by atoms with van der Waals surface area (Å²) in [6, 6.07) is 0. The third-order valence-electron chi connectivity index (χ3n) is 19.7. The van der Waals surface area contributed by atoms with Crippen molar-refractivity contribution >= 4 is 0 Å². The van der Waals surface area contributed by atoms with E-state index in [9.17, 15) is 51.1 Å². The Kier molecular flexibility index (Phi) is 15.5. The van der Waals surface area contributed by atoms with Crippen LogP contribution in [0.5, 0.6) is 0 Å². The van der Waals surface area contributed by atoms with Crippen molar-refractivity contribution in [3.8, 4) is 0 Å². The van der Waals surface area contributed by atoms with Crippen molar-refractivity contribution in [3.63, 3.8) is 0 Å². The molecule has 0 aromatic carbocycles. The van der Waals surface area contributed by atoms with Gasteiger partial charge in [0.25, 0.3) is 0 Å². The predicted octanol–water partition coefficient (Wildman–Crippen LogP) is -0.322. The minimum atomic E-state index is -1.78. The lowest BCUT2D eigenvalue weighted by Gasteiger charge is -2.59. The molecule has 0 radical (unpaired) electrons. The molecule has 0 unspecified atom stereocenters. The summed E-state index contributed by atoms with van der Waals surface area (Å²) >= 11 is 0. The van der Waals surface area contributed by atoms with E-state index >= 15 is 0 Å². The molecule has 1 spiro atoms. The van der Waals surface area contributed by atoms with Gasteiger partial charge in [-0.25, -0.2) is 0 Å². The van der Waals surface area contributed by atoms with Gasteiger partial charge in [0, 0.05) is 25.4 Å². The van der Waals surface area contributed by atoms with Gasteiger partial charge in [-0.05, 0) is 99.7 Å². The number of allylic oxidation sites excluding steroid dienone is 1. The molecule has 10 rings (SSSR count). The summed E-state index contributed by atoms with van der Waals surface area (Å²) in [5.41, 5.74) is 1.33. The van der Waals surface area contributed by atoms with Crippen LogP contribution in [0, 0.1) is 46.3 Å². The van der Waals surface area contributed by atoms with Crippen LogP contribution in [0.2, 0.25) is 0 Å². The standard InChI is InChI=1S/C51H82O21/c1-20-10-15-51(72-44(20)62-7)21(2)32-30(71-51)17-28-26-9-8-24-16-25(11-13-49(24,5)27(26)12-14-50(28,32)6)66-48-43(70-46-39(60)36(57)33(54)22(3)64-46)40(61)41(31(18-52)67-48)68-47-42(37(58)34(55)23(4)65-47)69-45-38(59)35(56)29(53)19-63-45/h8,20-23,25-48,52-61H,9-19H2,1-7H3/t20-,21+,22+,23+,25+,26-,27+,28+,29-,30+,31-,32+,33+,34+,35+,36-,37-,38-,39-,40+,41-,42-,43-,44-,45+,46+,47+,48-,49+,50+,51+/m1/s1. The van der Waals surface area contributed by atoms with Gasteiger partial charge in [-0.2, -0.15) is 0 Å². The van der Waals surface area contributed by atoms with Gasteiger partial charge in [0.05, 0.1) is 37.6 Å². The van der Waals surface area contributed by atoms with Gasteiger partial charge in [-0.1, -0.05) is 39.3 Å². The number of aliphatic hydroxyl groups excluding tert-OH is 10. The summed E-state index contributed by atoms with van der Waals surface area (Å²) in [4.78, 5) is 0. The van der Waals surface area contributed by atoms with E-state index in [1.807, 2.05) is 0 Å². The molecule has 0 aromatic rings. The van der Waals surface area contributed by atoms with Crippen LogP contribution in [0.4, 0.5) is 0 Å². The lowest BCUT2D eigenvalue weighted by Crippen LogP contribution is -2.67. The second-order valence-corrected chi connectivity index (χ2v) is 23.7. The maximum Gasteiger partial charge on any atom is 0.187 e.